The number of ether oxygens (including phenoxy) is 1. The Kier molecular flexibility index (Phi) is 5.10. The minimum atomic E-state index is -0.696. The molecule has 0 fully saturated rings. The maximum atomic E-state index is 11.6. The second kappa shape index (κ2) is 6.83. The minimum Gasteiger partial charge on any atom is -0.452 e. The molecular weight excluding hydrogens is 330 g/mol. The van der Waals surface area contributed by atoms with E-state index in [4.69, 9.17) is 22.7 Å². The molecule has 0 aliphatic carbocycles. The highest BCUT2D eigenvalue weighted by molar-refractivity contribution is 8.00. The first-order valence-electron chi connectivity index (χ1n) is 5.71. The highest BCUT2D eigenvalue weighted by Crippen LogP contribution is 2.21. The number of primary amides is 1. The number of aromatic nitrogens is 2. The number of esters is 1. The summed E-state index contributed by atoms with van der Waals surface area (Å²) in [4.78, 5) is 22.2. The normalized spacial score (nSPS) is 10.3. The van der Waals surface area contributed by atoms with Crippen molar-refractivity contribution in [1.82, 2.24) is 9.78 Å². The van der Waals surface area contributed by atoms with Crippen molar-refractivity contribution in [1.29, 1.82) is 0 Å². The fourth-order valence-electron chi connectivity index (χ4n) is 1.47. The minimum absolute atomic E-state index is 0.326. The van der Waals surface area contributed by atoms with E-state index < -0.39 is 18.5 Å². The van der Waals surface area contributed by atoms with Gasteiger partial charge in [0.25, 0.3) is 5.91 Å². The van der Waals surface area contributed by atoms with Gasteiger partial charge in [0.15, 0.2) is 14.9 Å². The molecule has 9 heteroatoms. The molecule has 0 saturated carbocycles. The molecular formula is C12H11N3O3S3. The third-order valence-electron chi connectivity index (χ3n) is 2.40. The molecule has 2 aromatic rings. The van der Waals surface area contributed by atoms with Gasteiger partial charge in [0.2, 0.25) is 0 Å². The number of hydrogen-bond acceptors (Lipinski definition) is 7. The summed E-state index contributed by atoms with van der Waals surface area (Å²) in [6.07, 6.45) is 1.93. The van der Waals surface area contributed by atoms with Crippen molar-refractivity contribution in [3.05, 3.63) is 33.8 Å². The summed E-state index contributed by atoms with van der Waals surface area (Å²) in [6.45, 7) is -0.436. The van der Waals surface area contributed by atoms with Crippen molar-refractivity contribution in [2.24, 2.45) is 5.73 Å². The van der Waals surface area contributed by atoms with E-state index >= 15 is 0 Å². The molecule has 0 spiro atoms. The van der Waals surface area contributed by atoms with E-state index in [1.54, 1.807) is 28.9 Å². The van der Waals surface area contributed by atoms with E-state index in [1.165, 1.54) is 23.1 Å². The smallest absolute Gasteiger partial charge is 0.338 e. The maximum Gasteiger partial charge on any atom is 0.338 e. The van der Waals surface area contributed by atoms with E-state index in [9.17, 15) is 9.59 Å². The van der Waals surface area contributed by atoms with Crippen molar-refractivity contribution in [2.75, 3.05) is 12.9 Å². The van der Waals surface area contributed by atoms with E-state index in [-0.39, 0.29) is 0 Å². The average Bonchev–Trinajstić information content (AvgIpc) is 2.86. The summed E-state index contributed by atoms with van der Waals surface area (Å²) in [6, 6.07) is 6.58. The van der Waals surface area contributed by atoms with Crippen LogP contribution < -0.4 is 5.73 Å². The monoisotopic (exact) mass is 341 g/mol. The highest BCUT2D eigenvalue weighted by atomic mass is 32.2. The number of carbonyl (C=O) groups excluding carboxylic acids is 2. The van der Waals surface area contributed by atoms with Gasteiger partial charge in [0.05, 0.1) is 11.3 Å². The van der Waals surface area contributed by atoms with E-state index in [0.717, 1.165) is 10.0 Å². The first-order chi connectivity index (χ1) is 10.0. The molecule has 1 amide bonds. The number of nitrogens with two attached hydrogens (primary N) is 1. The van der Waals surface area contributed by atoms with Gasteiger partial charge >= 0.3 is 5.97 Å². The molecule has 0 unspecified atom stereocenters. The molecule has 0 bridgehead atoms. The average molecular weight is 341 g/mol. The third-order valence-corrected chi connectivity index (χ3v) is 4.60. The van der Waals surface area contributed by atoms with Gasteiger partial charge in [-0.25, -0.2) is 9.48 Å². The topological polar surface area (TPSA) is 87.2 Å². The van der Waals surface area contributed by atoms with Gasteiger partial charge in [0.1, 0.15) is 0 Å². The summed E-state index contributed by atoms with van der Waals surface area (Å²) in [5, 5.41) is 4.35. The Labute approximate surface area is 133 Å². The van der Waals surface area contributed by atoms with Gasteiger partial charge in [-0.05, 0) is 42.7 Å². The number of thioether (sulfide) groups is 1. The zero-order valence-electron chi connectivity index (χ0n) is 10.9. The van der Waals surface area contributed by atoms with E-state index in [1.807, 2.05) is 6.26 Å². The Morgan fingerprint density at radius 1 is 1.43 bits per heavy atom. The molecule has 0 radical (unpaired) electrons. The Bertz CT molecular complexity index is 721. The molecule has 0 aliphatic rings. The van der Waals surface area contributed by atoms with Gasteiger partial charge in [-0.15, -0.1) is 5.10 Å². The van der Waals surface area contributed by atoms with Gasteiger partial charge in [-0.1, -0.05) is 23.1 Å². The Balaban J connectivity index is 2.18. The standard InChI is InChI=1S/C12H11N3O3S3/c1-20-11-14-15(12(19)21-11)8-4-2-7(3-5-8)10(17)18-6-9(13)16/h2-5H,6H2,1H3,(H2,13,16). The molecule has 1 aromatic heterocycles. The van der Waals surface area contributed by atoms with Gasteiger partial charge in [-0.3, -0.25) is 4.79 Å². The Morgan fingerprint density at radius 2 is 2.10 bits per heavy atom. The Morgan fingerprint density at radius 3 is 2.62 bits per heavy atom. The second-order valence-electron chi connectivity index (χ2n) is 3.84. The molecule has 110 valence electrons. The summed E-state index contributed by atoms with van der Waals surface area (Å²) < 4.78 is 7.85. The van der Waals surface area contributed by atoms with Crippen molar-refractivity contribution >= 4 is 47.2 Å². The molecule has 2 rings (SSSR count). The number of amides is 1. The van der Waals surface area contributed by atoms with Crippen LogP contribution in [0.15, 0.2) is 28.6 Å². The molecule has 0 aliphatic heterocycles. The third kappa shape index (κ3) is 3.90. The Hall–Kier alpha value is -1.71. The largest absolute Gasteiger partial charge is 0.452 e. The predicted molar refractivity (Wildman–Crippen MR) is 83.5 cm³/mol. The first-order valence-corrected chi connectivity index (χ1v) is 8.16. The number of hydrogen-bond donors (Lipinski definition) is 1. The number of benzene rings is 1. The van der Waals surface area contributed by atoms with Crippen LogP contribution in [0.4, 0.5) is 0 Å². The predicted octanol–water partition coefficient (Wildman–Crippen LogP) is 2.03. The van der Waals surface area contributed by atoms with Crippen molar-refractivity contribution < 1.29 is 14.3 Å². The second-order valence-corrected chi connectivity index (χ2v) is 6.52. The fourth-order valence-corrected chi connectivity index (χ4v) is 3.24. The van der Waals surface area contributed by atoms with Crippen LogP contribution in [0.25, 0.3) is 5.69 Å². The highest BCUT2D eigenvalue weighted by Gasteiger charge is 2.10. The lowest BCUT2D eigenvalue weighted by atomic mass is 10.2. The van der Waals surface area contributed by atoms with Crippen LogP contribution in [0.1, 0.15) is 10.4 Å². The van der Waals surface area contributed by atoms with Crippen molar-refractivity contribution in [2.45, 2.75) is 4.34 Å². The molecule has 6 nitrogen and oxygen atoms in total. The number of nitrogens with zero attached hydrogens (tertiary/aromatic N) is 2. The first kappa shape index (κ1) is 15.7. The summed E-state index contributed by atoms with van der Waals surface area (Å²) in [5.41, 5.74) is 5.99. The van der Waals surface area contributed by atoms with Crippen LogP contribution in [0, 0.1) is 3.95 Å². The van der Waals surface area contributed by atoms with Gasteiger partial charge in [-0.2, -0.15) is 0 Å². The van der Waals surface area contributed by atoms with E-state index in [0.29, 0.717) is 9.52 Å². The lowest BCUT2D eigenvalue weighted by Crippen LogP contribution is -2.20. The number of carbonyl (C=O) groups is 2. The van der Waals surface area contributed by atoms with Crippen LogP contribution >= 0.6 is 35.3 Å². The van der Waals surface area contributed by atoms with Gasteiger partial charge in [0, 0.05) is 0 Å². The fraction of sp³-hybridized carbons (Fsp3) is 0.167. The van der Waals surface area contributed by atoms with Crippen LogP contribution in [-0.4, -0.2) is 34.5 Å². The van der Waals surface area contributed by atoms with Crippen LogP contribution in [-0.2, 0) is 9.53 Å². The maximum absolute atomic E-state index is 11.6. The lowest BCUT2D eigenvalue weighted by Gasteiger charge is -2.04. The van der Waals surface area contributed by atoms with Crippen molar-refractivity contribution in [3.8, 4) is 5.69 Å². The van der Waals surface area contributed by atoms with Crippen LogP contribution in [0.3, 0.4) is 0 Å². The summed E-state index contributed by atoms with van der Waals surface area (Å²) in [5.74, 6) is -1.30. The quantitative estimate of drug-likeness (QED) is 0.509. The van der Waals surface area contributed by atoms with Crippen LogP contribution in [0.5, 0.6) is 0 Å². The van der Waals surface area contributed by atoms with Gasteiger partial charge < -0.3 is 10.5 Å². The van der Waals surface area contributed by atoms with Crippen molar-refractivity contribution in [3.63, 3.8) is 0 Å². The molecule has 1 aromatic carbocycles. The molecule has 1 heterocycles. The number of rotatable bonds is 5. The SMILES string of the molecule is CSc1nn(-c2ccc(C(=O)OCC(N)=O)cc2)c(=S)s1. The molecule has 0 atom stereocenters. The molecule has 21 heavy (non-hydrogen) atoms. The van der Waals surface area contributed by atoms with Crippen LogP contribution in [0.2, 0.25) is 0 Å². The summed E-state index contributed by atoms with van der Waals surface area (Å²) in [7, 11) is 0. The zero-order chi connectivity index (χ0) is 15.4. The summed E-state index contributed by atoms with van der Waals surface area (Å²) >= 11 is 8.17. The molecule has 0 saturated heterocycles. The lowest BCUT2D eigenvalue weighted by molar-refractivity contribution is -0.121. The zero-order valence-corrected chi connectivity index (χ0v) is 13.4. The molecule has 2 N–H and O–H groups in total. The van der Waals surface area contributed by atoms with E-state index in [2.05, 4.69) is 5.10 Å².